The number of carboxylic acids is 1. The van der Waals surface area contributed by atoms with Crippen molar-refractivity contribution < 1.29 is 14.6 Å². The minimum Gasteiger partial charge on any atom is -0.481 e. The first kappa shape index (κ1) is 12.5. The number of carbonyl (C=O) groups is 1. The summed E-state index contributed by atoms with van der Waals surface area (Å²) in [7, 11) is 0. The summed E-state index contributed by atoms with van der Waals surface area (Å²) in [6, 6.07) is 0.406. The third-order valence-corrected chi connectivity index (χ3v) is 3.12. The third kappa shape index (κ3) is 3.80. The van der Waals surface area contributed by atoms with Crippen molar-refractivity contribution in [2.75, 3.05) is 6.61 Å². The summed E-state index contributed by atoms with van der Waals surface area (Å²) in [5, 5.41) is 12.2. The van der Waals surface area contributed by atoms with Gasteiger partial charge in [-0.05, 0) is 26.7 Å². The minimum atomic E-state index is -0.741. The first-order valence-electron chi connectivity index (χ1n) is 5.61. The highest BCUT2D eigenvalue weighted by atomic mass is 16.5. The van der Waals surface area contributed by atoms with E-state index < -0.39 is 5.97 Å². The van der Waals surface area contributed by atoms with Gasteiger partial charge in [-0.25, -0.2) is 0 Å². The average molecular weight is 215 g/mol. The molecule has 1 rings (SSSR count). The predicted octanol–water partition coefficient (Wildman–Crippen LogP) is 1.25. The molecule has 1 fully saturated rings. The van der Waals surface area contributed by atoms with Crippen molar-refractivity contribution in [1.29, 1.82) is 0 Å². The first-order valence-corrected chi connectivity index (χ1v) is 5.61. The smallest absolute Gasteiger partial charge is 0.307 e. The SMILES string of the molecule is CC1CC(NC(C)C(C)C(=O)O)CCO1. The Kier molecular flexibility index (Phi) is 4.54. The molecule has 15 heavy (non-hydrogen) atoms. The largest absolute Gasteiger partial charge is 0.481 e. The molecule has 0 radical (unpaired) electrons. The van der Waals surface area contributed by atoms with Crippen LogP contribution in [-0.2, 0) is 9.53 Å². The van der Waals surface area contributed by atoms with Gasteiger partial charge in [0.2, 0.25) is 0 Å². The highest BCUT2D eigenvalue weighted by Gasteiger charge is 2.25. The molecule has 0 saturated carbocycles. The minimum absolute atomic E-state index is 0.0119. The van der Waals surface area contributed by atoms with E-state index in [1.165, 1.54) is 0 Å². The van der Waals surface area contributed by atoms with Crippen molar-refractivity contribution in [2.24, 2.45) is 5.92 Å². The molecule has 4 unspecified atom stereocenters. The quantitative estimate of drug-likeness (QED) is 0.741. The van der Waals surface area contributed by atoms with Crippen LogP contribution in [-0.4, -0.2) is 35.9 Å². The van der Waals surface area contributed by atoms with Crippen LogP contribution in [0, 0.1) is 5.92 Å². The lowest BCUT2D eigenvalue weighted by Crippen LogP contribution is -2.46. The van der Waals surface area contributed by atoms with E-state index in [1.54, 1.807) is 6.92 Å². The van der Waals surface area contributed by atoms with Crippen LogP contribution in [0.15, 0.2) is 0 Å². The topological polar surface area (TPSA) is 58.6 Å². The summed E-state index contributed by atoms with van der Waals surface area (Å²) in [6.45, 7) is 6.49. The monoisotopic (exact) mass is 215 g/mol. The Hall–Kier alpha value is -0.610. The van der Waals surface area contributed by atoms with Crippen LogP contribution < -0.4 is 5.32 Å². The molecule has 0 aliphatic carbocycles. The second kappa shape index (κ2) is 5.47. The zero-order valence-electron chi connectivity index (χ0n) is 9.69. The highest BCUT2D eigenvalue weighted by molar-refractivity contribution is 5.70. The average Bonchev–Trinajstić information content (AvgIpc) is 2.16. The Morgan fingerprint density at radius 3 is 2.73 bits per heavy atom. The van der Waals surface area contributed by atoms with Gasteiger partial charge in [0.25, 0.3) is 0 Å². The number of aliphatic carboxylic acids is 1. The molecule has 4 nitrogen and oxygen atoms in total. The fraction of sp³-hybridized carbons (Fsp3) is 0.909. The van der Waals surface area contributed by atoms with Crippen molar-refractivity contribution in [1.82, 2.24) is 5.32 Å². The number of rotatable bonds is 4. The standard InChI is InChI=1S/C11H21NO3/c1-7-6-10(4-5-15-7)12-9(3)8(2)11(13)14/h7-10,12H,4-6H2,1-3H3,(H,13,14). The van der Waals surface area contributed by atoms with Crippen molar-refractivity contribution >= 4 is 5.97 Å². The molecule has 0 amide bonds. The first-order chi connectivity index (χ1) is 7.00. The predicted molar refractivity (Wildman–Crippen MR) is 57.8 cm³/mol. The van der Waals surface area contributed by atoms with Crippen molar-refractivity contribution in [2.45, 2.75) is 51.8 Å². The van der Waals surface area contributed by atoms with Crippen LogP contribution in [0.3, 0.4) is 0 Å². The normalized spacial score (nSPS) is 30.9. The lowest BCUT2D eigenvalue weighted by molar-refractivity contribution is -0.142. The number of carboxylic acid groups (broad SMARTS) is 1. The summed E-state index contributed by atoms with van der Waals surface area (Å²) in [4.78, 5) is 10.8. The summed E-state index contributed by atoms with van der Waals surface area (Å²) >= 11 is 0. The van der Waals surface area contributed by atoms with E-state index in [0.29, 0.717) is 6.04 Å². The second-order valence-electron chi connectivity index (χ2n) is 4.48. The Morgan fingerprint density at radius 1 is 1.53 bits per heavy atom. The number of hydrogen-bond donors (Lipinski definition) is 2. The van der Waals surface area contributed by atoms with Crippen LogP contribution in [0.1, 0.15) is 33.6 Å². The van der Waals surface area contributed by atoms with E-state index in [-0.39, 0.29) is 18.1 Å². The molecule has 4 atom stereocenters. The molecule has 0 aromatic carbocycles. The van der Waals surface area contributed by atoms with Gasteiger partial charge in [0.1, 0.15) is 0 Å². The number of nitrogens with one attached hydrogen (secondary N) is 1. The van der Waals surface area contributed by atoms with Crippen molar-refractivity contribution in [3.63, 3.8) is 0 Å². The van der Waals surface area contributed by atoms with Gasteiger partial charge in [-0.1, -0.05) is 6.92 Å². The zero-order valence-corrected chi connectivity index (χ0v) is 9.69. The Labute approximate surface area is 91.0 Å². The Balaban J connectivity index is 2.36. The van der Waals surface area contributed by atoms with E-state index in [4.69, 9.17) is 9.84 Å². The van der Waals surface area contributed by atoms with E-state index in [2.05, 4.69) is 12.2 Å². The number of ether oxygens (including phenoxy) is 1. The third-order valence-electron chi connectivity index (χ3n) is 3.12. The molecule has 1 heterocycles. The molecule has 1 saturated heterocycles. The maximum atomic E-state index is 10.8. The van der Waals surface area contributed by atoms with Crippen LogP contribution >= 0.6 is 0 Å². The van der Waals surface area contributed by atoms with E-state index in [1.807, 2.05) is 6.92 Å². The molecule has 1 aliphatic heterocycles. The van der Waals surface area contributed by atoms with Crippen molar-refractivity contribution in [3.8, 4) is 0 Å². The maximum absolute atomic E-state index is 10.8. The Bertz CT molecular complexity index is 220. The molecule has 0 spiro atoms. The zero-order chi connectivity index (χ0) is 11.4. The number of hydrogen-bond acceptors (Lipinski definition) is 3. The molecule has 1 aliphatic rings. The van der Waals surface area contributed by atoms with Gasteiger partial charge in [0.15, 0.2) is 0 Å². The van der Waals surface area contributed by atoms with Gasteiger partial charge in [-0.3, -0.25) is 4.79 Å². The molecule has 0 aromatic heterocycles. The van der Waals surface area contributed by atoms with Gasteiger partial charge in [0, 0.05) is 18.7 Å². The van der Waals surface area contributed by atoms with Gasteiger partial charge in [-0.15, -0.1) is 0 Å². The fourth-order valence-electron chi connectivity index (χ4n) is 1.88. The van der Waals surface area contributed by atoms with E-state index in [9.17, 15) is 4.79 Å². The molecule has 2 N–H and O–H groups in total. The van der Waals surface area contributed by atoms with Crippen LogP contribution in [0.25, 0.3) is 0 Å². The Morgan fingerprint density at radius 2 is 2.20 bits per heavy atom. The van der Waals surface area contributed by atoms with Crippen molar-refractivity contribution in [3.05, 3.63) is 0 Å². The van der Waals surface area contributed by atoms with Gasteiger partial charge < -0.3 is 15.2 Å². The highest BCUT2D eigenvalue weighted by Crippen LogP contribution is 2.15. The van der Waals surface area contributed by atoms with Gasteiger partial charge in [0.05, 0.1) is 12.0 Å². The van der Waals surface area contributed by atoms with Gasteiger partial charge in [-0.2, -0.15) is 0 Å². The lowest BCUT2D eigenvalue weighted by atomic mass is 9.99. The molecule has 4 heteroatoms. The molecule has 0 bridgehead atoms. The van der Waals surface area contributed by atoms with Crippen LogP contribution in [0.4, 0.5) is 0 Å². The summed E-state index contributed by atoms with van der Waals surface area (Å²) in [6.07, 6.45) is 2.22. The molecular formula is C11H21NO3. The molecule has 88 valence electrons. The van der Waals surface area contributed by atoms with Crippen LogP contribution in [0.5, 0.6) is 0 Å². The fourth-order valence-corrected chi connectivity index (χ4v) is 1.88. The maximum Gasteiger partial charge on any atom is 0.307 e. The molecular weight excluding hydrogens is 194 g/mol. The second-order valence-corrected chi connectivity index (χ2v) is 4.48. The van der Waals surface area contributed by atoms with Crippen LogP contribution in [0.2, 0.25) is 0 Å². The summed E-state index contributed by atoms with van der Waals surface area (Å²) in [5.41, 5.74) is 0. The van der Waals surface area contributed by atoms with E-state index in [0.717, 1.165) is 19.4 Å². The summed E-state index contributed by atoms with van der Waals surface area (Å²) < 4.78 is 5.44. The van der Waals surface area contributed by atoms with E-state index >= 15 is 0 Å². The molecule has 0 aromatic rings. The van der Waals surface area contributed by atoms with Gasteiger partial charge >= 0.3 is 5.97 Å². The summed E-state index contributed by atoms with van der Waals surface area (Å²) in [5.74, 6) is -1.08. The lowest BCUT2D eigenvalue weighted by Gasteiger charge is -2.31.